The highest BCUT2D eigenvalue weighted by Crippen LogP contribution is 2.36. The Morgan fingerprint density at radius 1 is 1.12 bits per heavy atom. The zero-order valence-corrected chi connectivity index (χ0v) is 24.5. The zero-order chi connectivity index (χ0) is 29.3. The van der Waals surface area contributed by atoms with E-state index in [9.17, 15) is 17.6 Å². The van der Waals surface area contributed by atoms with Crippen LogP contribution in [0.4, 0.5) is 10.1 Å². The molecule has 0 unspecified atom stereocenters. The summed E-state index contributed by atoms with van der Waals surface area (Å²) < 4.78 is 46.1. The molecule has 0 spiro atoms. The van der Waals surface area contributed by atoms with Gasteiger partial charge in [0.15, 0.2) is 11.3 Å². The van der Waals surface area contributed by atoms with Crippen molar-refractivity contribution in [2.75, 3.05) is 58.4 Å². The van der Waals surface area contributed by atoms with Crippen molar-refractivity contribution < 1.29 is 27.2 Å². The lowest BCUT2D eigenvalue weighted by molar-refractivity contribution is 0.0115. The number of nitrogens with one attached hydrogen (secondary N) is 1. The number of rotatable bonds is 8. The van der Waals surface area contributed by atoms with Crippen LogP contribution in [0.5, 0.6) is 0 Å². The van der Waals surface area contributed by atoms with E-state index < -0.39 is 16.2 Å². The van der Waals surface area contributed by atoms with Crippen LogP contribution in [0.3, 0.4) is 0 Å². The van der Waals surface area contributed by atoms with Crippen LogP contribution < -0.4 is 9.79 Å². The average Bonchev–Trinajstić information content (AvgIpc) is 3.36. The molecule has 0 aliphatic carbocycles. The van der Waals surface area contributed by atoms with Gasteiger partial charge >= 0.3 is 16.2 Å². The third kappa shape index (κ3) is 6.21. The van der Waals surface area contributed by atoms with Crippen LogP contribution in [0, 0.1) is 5.82 Å². The van der Waals surface area contributed by atoms with Gasteiger partial charge in [0.05, 0.1) is 35.7 Å². The average molecular weight is 590 g/mol. The monoisotopic (exact) mass is 589 g/mol. The Bertz CT molecular complexity index is 1500. The van der Waals surface area contributed by atoms with Crippen molar-refractivity contribution >= 4 is 32.9 Å². The summed E-state index contributed by atoms with van der Waals surface area (Å²) in [6.07, 6.45) is 1.88. The Morgan fingerprint density at radius 2 is 1.78 bits per heavy atom. The molecule has 4 heterocycles. The quantitative estimate of drug-likeness (QED) is 0.395. The van der Waals surface area contributed by atoms with Crippen molar-refractivity contribution in [3.63, 3.8) is 0 Å². The van der Waals surface area contributed by atoms with Crippen LogP contribution in [0.25, 0.3) is 16.7 Å². The molecular formula is C27H36FN7O5S. The van der Waals surface area contributed by atoms with Gasteiger partial charge in [-0.2, -0.15) is 17.8 Å². The van der Waals surface area contributed by atoms with Gasteiger partial charge in [-0.3, -0.25) is 4.90 Å². The molecule has 3 aromatic rings. The van der Waals surface area contributed by atoms with Gasteiger partial charge in [-0.25, -0.2) is 18.9 Å². The number of nitrogens with zero attached hydrogens (tertiary/aromatic N) is 6. The number of fused-ring (bicyclic) bond motifs is 1. The first-order chi connectivity index (χ1) is 19.5. The standard InChI is InChI=1S/C27H36FN7O5S/c1-18(2)25-24-23(34-11-9-20(10-12-34)33-13-15-39-16-14-33)17-22(27(36)40-31-41(37,38)32(3)4)29-26(24)35(30-25)21-7-5-19(28)6-8-21/h5-8,17-18,20,31H,9-16H2,1-4H3. The minimum atomic E-state index is -4.02. The lowest BCUT2D eigenvalue weighted by Gasteiger charge is -2.41. The number of carbonyl (C=O) groups excluding carboxylic acids is 1. The summed E-state index contributed by atoms with van der Waals surface area (Å²) in [6, 6.07) is 7.96. The Hall–Kier alpha value is -3.17. The molecule has 1 aromatic carbocycles. The van der Waals surface area contributed by atoms with Crippen LogP contribution in [0.2, 0.25) is 0 Å². The van der Waals surface area contributed by atoms with E-state index in [4.69, 9.17) is 14.7 Å². The molecule has 0 bridgehead atoms. The largest absolute Gasteiger partial charge is 0.379 e. The SMILES string of the molecule is CC(C)c1nn(-c2ccc(F)cc2)c2nc(C(=O)ONS(=O)(=O)N(C)C)cc(N3CCC(N4CCOCC4)CC3)c12. The van der Waals surface area contributed by atoms with Gasteiger partial charge < -0.3 is 14.5 Å². The molecule has 0 amide bonds. The predicted octanol–water partition coefficient (Wildman–Crippen LogP) is 2.45. The van der Waals surface area contributed by atoms with E-state index in [1.807, 2.05) is 18.7 Å². The molecule has 14 heteroatoms. The molecular weight excluding hydrogens is 553 g/mol. The molecule has 2 aliphatic rings. The molecule has 0 saturated carbocycles. The van der Waals surface area contributed by atoms with Gasteiger partial charge in [-0.1, -0.05) is 13.8 Å². The van der Waals surface area contributed by atoms with Gasteiger partial charge in [0.2, 0.25) is 0 Å². The number of hydrogen-bond donors (Lipinski definition) is 1. The number of morpholine rings is 1. The molecule has 1 N–H and O–H groups in total. The molecule has 5 rings (SSSR count). The minimum absolute atomic E-state index is 0.0235. The van der Waals surface area contributed by atoms with Crippen molar-refractivity contribution in [1.29, 1.82) is 0 Å². The Labute approximate surface area is 239 Å². The van der Waals surface area contributed by atoms with Crippen LogP contribution in [0.15, 0.2) is 30.3 Å². The number of hydrogen-bond acceptors (Lipinski definition) is 9. The molecule has 2 aliphatic heterocycles. The maximum absolute atomic E-state index is 13.7. The third-order valence-corrected chi connectivity index (χ3v) is 8.81. The van der Waals surface area contributed by atoms with Crippen molar-refractivity contribution in [3.8, 4) is 5.69 Å². The first-order valence-corrected chi connectivity index (χ1v) is 15.2. The summed E-state index contributed by atoms with van der Waals surface area (Å²) in [5.74, 6) is -1.32. The molecule has 12 nitrogen and oxygen atoms in total. The van der Waals surface area contributed by atoms with Crippen LogP contribution in [-0.4, -0.2) is 97.9 Å². The summed E-state index contributed by atoms with van der Waals surface area (Å²) in [5.41, 5.74) is 2.45. The second kappa shape index (κ2) is 12.0. The Kier molecular flexibility index (Phi) is 8.57. The van der Waals surface area contributed by atoms with E-state index in [2.05, 4.69) is 14.8 Å². The summed E-state index contributed by atoms with van der Waals surface area (Å²) in [6.45, 7) is 8.90. The first-order valence-electron chi connectivity index (χ1n) is 13.7. The Balaban J connectivity index is 1.56. The van der Waals surface area contributed by atoms with Gasteiger partial charge in [-0.15, -0.1) is 0 Å². The Morgan fingerprint density at radius 3 is 2.39 bits per heavy atom. The second-order valence-electron chi connectivity index (χ2n) is 10.8. The summed E-state index contributed by atoms with van der Waals surface area (Å²) >= 11 is 0. The summed E-state index contributed by atoms with van der Waals surface area (Å²) in [4.78, 5) is 29.2. The third-order valence-electron chi connectivity index (χ3n) is 7.56. The van der Waals surface area contributed by atoms with Crippen LogP contribution >= 0.6 is 0 Å². The van der Waals surface area contributed by atoms with Gasteiger partial charge in [0, 0.05) is 46.3 Å². The van der Waals surface area contributed by atoms with Crippen molar-refractivity contribution in [2.24, 2.45) is 0 Å². The van der Waals surface area contributed by atoms with E-state index in [0.29, 0.717) is 17.4 Å². The van der Waals surface area contributed by atoms with Crippen molar-refractivity contribution in [1.82, 2.24) is 28.9 Å². The number of benzene rings is 1. The van der Waals surface area contributed by atoms with Gasteiger partial charge in [0.1, 0.15) is 5.82 Å². The highest BCUT2D eigenvalue weighted by molar-refractivity contribution is 7.86. The number of halogens is 1. The van der Waals surface area contributed by atoms with Gasteiger partial charge in [-0.05, 0) is 54.0 Å². The fourth-order valence-electron chi connectivity index (χ4n) is 5.27. The van der Waals surface area contributed by atoms with Gasteiger partial charge in [0.25, 0.3) is 0 Å². The van der Waals surface area contributed by atoms with Crippen LogP contribution in [-0.2, 0) is 19.8 Å². The molecule has 2 saturated heterocycles. The maximum atomic E-state index is 13.7. The summed E-state index contributed by atoms with van der Waals surface area (Å²) in [7, 11) is -1.39. The zero-order valence-electron chi connectivity index (χ0n) is 23.7. The molecule has 0 atom stereocenters. The normalized spacial score (nSPS) is 17.6. The molecule has 2 aromatic heterocycles. The highest BCUT2D eigenvalue weighted by Gasteiger charge is 2.30. The predicted molar refractivity (Wildman–Crippen MR) is 152 cm³/mol. The number of anilines is 1. The van der Waals surface area contributed by atoms with E-state index in [1.54, 1.807) is 22.9 Å². The fraction of sp³-hybridized carbons (Fsp3) is 0.519. The van der Waals surface area contributed by atoms with E-state index in [1.165, 1.54) is 26.2 Å². The topological polar surface area (TPSA) is 122 Å². The first kappa shape index (κ1) is 29.3. The number of carbonyl (C=O) groups is 1. The molecule has 222 valence electrons. The molecule has 2 fully saturated rings. The molecule has 41 heavy (non-hydrogen) atoms. The second-order valence-corrected chi connectivity index (χ2v) is 12.6. The number of ether oxygens (including phenoxy) is 1. The lowest BCUT2D eigenvalue weighted by Crippen LogP contribution is -2.49. The van der Waals surface area contributed by atoms with E-state index in [0.717, 1.165) is 73.3 Å². The number of pyridine rings is 1. The smallest absolute Gasteiger partial charge is 0.376 e. The lowest BCUT2D eigenvalue weighted by atomic mass is 10.00. The highest BCUT2D eigenvalue weighted by atomic mass is 32.2. The number of piperidine rings is 1. The van der Waals surface area contributed by atoms with E-state index >= 15 is 0 Å². The van der Waals surface area contributed by atoms with Crippen molar-refractivity contribution in [3.05, 3.63) is 47.5 Å². The molecule has 0 radical (unpaired) electrons. The fourth-order valence-corrected chi connectivity index (χ4v) is 5.60. The number of aromatic nitrogens is 3. The van der Waals surface area contributed by atoms with Crippen LogP contribution in [0.1, 0.15) is 48.8 Å². The summed E-state index contributed by atoms with van der Waals surface area (Å²) in [5, 5.41) is 5.65. The maximum Gasteiger partial charge on any atom is 0.376 e. The van der Waals surface area contributed by atoms with E-state index in [-0.39, 0.29) is 17.4 Å². The minimum Gasteiger partial charge on any atom is -0.379 e. The van der Waals surface area contributed by atoms with Crippen molar-refractivity contribution in [2.45, 2.75) is 38.6 Å².